The van der Waals surface area contributed by atoms with E-state index < -0.39 is 33.8 Å². The Bertz CT molecular complexity index is 819. The summed E-state index contributed by atoms with van der Waals surface area (Å²) in [5, 5.41) is 0.512. The van der Waals surface area contributed by atoms with Gasteiger partial charge in [0, 0.05) is 0 Å². The third-order valence-electron chi connectivity index (χ3n) is 6.41. The number of imide groups is 1. The van der Waals surface area contributed by atoms with Crippen LogP contribution in [0.2, 0.25) is 0 Å². The Balaban J connectivity index is 1.55. The van der Waals surface area contributed by atoms with Crippen LogP contribution in [-0.2, 0) is 24.0 Å². The van der Waals surface area contributed by atoms with Gasteiger partial charge < -0.3 is 0 Å². The fourth-order valence-electron chi connectivity index (χ4n) is 4.79. The molecule has 2 amide bonds. The van der Waals surface area contributed by atoms with Gasteiger partial charge in [-0.05, 0) is 61.1 Å². The van der Waals surface area contributed by atoms with Gasteiger partial charge in [0.05, 0.1) is 16.7 Å². The molecule has 2 saturated carbocycles. The summed E-state index contributed by atoms with van der Waals surface area (Å²) in [6.07, 6.45) is 3.71. The Morgan fingerprint density at radius 3 is 2.12 bits per heavy atom. The molecule has 0 aromatic heterocycles. The molecule has 3 aliphatic rings. The highest BCUT2D eigenvalue weighted by molar-refractivity contribution is 7.86. The second kappa shape index (κ2) is 6.16. The lowest BCUT2D eigenvalue weighted by Gasteiger charge is -2.18. The predicted molar refractivity (Wildman–Crippen MR) is 93.1 cm³/mol. The standard InChI is InChI=1S/C19H23NO5S/c1-3-11(2)12-6-8-15(9-7-12)26(23,24)25-20-18(21)16-13-4-5-14(10-13)17(16)19(20)22/h6-9,11,13-14,16-17H,3-5,10H2,1-2H3. The maximum Gasteiger partial charge on any atom is 0.318 e. The minimum atomic E-state index is -4.22. The molecule has 0 spiro atoms. The summed E-state index contributed by atoms with van der Waals surface area (Å²) in [7, 11) is -4.22. The van der Waals surface area contributed by atoms with E-state index in [2.05, 4.69) is 13.8 Å². The maximum absolute atomic E-state index is 12.6. The average molecular weight is 377 g/mol. The Morgan fingerprint density at radius 1 is 1.08 bits per heavy atom. The zero-order valence-electron chi connectivity index (χ0n) is 14.9. The zero-order chi connectivity index (χ0) is 18.6. The van der Waals surface area contributed by atoms with Gasteiger partial charge in [-0.25, -0.2) is 0 Å². The first-order chi connectivity index (χ1) is 12.3. The van der Waals surface area contributed by atoms with Crippen molar-refractivity contribution in [3.63, 3.8) is 0 Å². The van der Waals surface area contributed by atoms with E-state index in [1.54, 1.807) is 12.1 Å². The molecule has 4 rings (SSSR count). The number of nitrogens with zero attached hydrogens (tertiary/aromatic N) is 1. The van der Waals surface area contributed by atoms with E-state index in [-0.39, 0.29) is 16.7 Å². The van der Waals surface area contributed by atoms with Crippen LogP contribution in [0.25, 0.3) is 0 Å². The molecular weight excluding hydrogens is 354 g/mol. The first-order valence-corrected chi connectivity index (χ1v) is 10.7. The first kappa shape index (κ1) is 17.7. The van der Waals surface area contributed by atoms with Crippen molar-refractivity contribution in [3.8, 4) is 0 Å². The van der Waals surface area contributed by atoms with E-state index in [0.717, 1.165) is 31.2 Å². The van der Waals surface area contributed by atoms with Crippen LogP contribution in [0.5, 0.6) is 0 Å². The van der Waals surface area contributed by atoms with Gasteiger partial charge in [0.1, 0.15) is 0 Å². The summed E-state index contributed by atoms with van der Waals surface area (Å²) in [6, 6.07) is 6.42. The molecule has 1 aromatic carbocycles. The molecule has 1 saturated heterocycles. The lowest BCUT2D eigenvalue weighted by Crippen LogP contribution is -2.35. The lowest BCUT2D eigenvalue weighted by molar-refractivity contribution is -0.166. The number of hydrogen-bond donors (Lipinski definition) is 0. The largest absolute Gasteiger partial charge is 0.318 e. The topological polar surface area (TPSA) is 80.8 Å². The SMILES string of the molecule is CCC(C)c1ccc(S(=O)(=O)ON2C(=O)C3C4CCC(C4)C3C2=O)cc1. The zero-order valence-corrected chi connectivity index (χ0v) is 15.7. The highest BCUT2D eigenvalue weighted by atomic mass is 32.2. The number of carbonyl (C=O) groups excluding carboxylic acids is 2. The molecule has 6 nitrogen and oxygen atoms in total. The molecule has 140 valence electrons. The quantitative estimate of drug-likeness (QED) is 0.737. The van der Waals surface area contributed by atoms with E-state index >= 15 is 0 Å². The molecule has 0 N–H and O–H groups in total. The number of hydroxylamine groups is 2. The molecule has 3 fully saturated rings. The van der Waals surface area contributed by atoms with Gasteiger partial charge in [-0.2, -0.15) is 8.42 Å². The minimum Gasteiger partial charge on any atom is -0.272 e. The molecular formula is C19H23NO5S. The molecule has 2 bridgehead atoms. The fraction of sp³-hybridized carbons (Fsp3) is 0.579. The third-order valence-corrected chi connectivity index (χ3v) is 7.60. The molecule has 1 heterocycles. The van der Waals surface area contributed by atoms with Gasteiger partial charge >= 0.3 is 10.1 Å². The highest BCUT2D eigenvalue weighted by Crippen LogP contribution is 2.56. The van der Waals surface area contributed by atoms with Crippen molar-refractivity contribution in [2.45, 2.75) is 50.3 Å². The second-order valence-electron chi connectivity index (χ2n) is 7.76. The molecule has 2 aliphatic carbocycles. The summed E-state index contributed by atoms with van der Waals surface area (Å²) in [5.41, 5.74) is 1.03. The molecule has 5 atom stereocenters. The summed E-state index contributed by atoms with van der Waals surface area (Å²) >= 11 is 0. The smallest absolute Gasteiger partial charge is 0.272 e. The van der Waals surface area contributed by atoms with Crippen LogP contribution in [0.1, 0.15) is 51.0 Å². The van der Waals surface area contributed by atoms with Crippen molar-refractivity contribution < 1.29 is 22.3 Å². The van der Waals surface area contributed by atoms with E-state index in [4.69, 9.17) is 4.28 Å². The van der Waals surface area contributed by atoms with Crippen LogP contribution in [-0.4, -0.2) is 25.3 Å². The van der Waals surface area contributed by atoms with Gasteiger partial charge in [-0.1, -0.05) is 26.0 Å². The molecule has 26 heavy (non-hydrogen) atoms. The van der Waals surface area contributed by atoms with Crippen LogP contribution in [0.4, 0.5) is 0 Å². The molecule has 1 aliphatic heterocycles. The molecule has 7 heteroatoms. The normalized spacial score (nSPS) is 31.5. The van der Waals surface area contributed by atoms with Crippen LogP contribution in [0.3, 0.4) is 0 Å². The predicted octanol–water partition coefficient (Wildman–Crippen LogP) is 2.85. The number of hydrogen-bond acceptors (Lipinski definition) is 5. The number of carbonyl (C=O) groups is 2. The Kier molecular flexibility index (Phi) is 4.19. The van der Waals surface area contributed by atoms with Gasteiger partial charge in [-0.3, -0.25) is 9.59 Å². The van der Waals surface area contributed by atoms with Crippen LogP contribution in [0.15, 0.2) is 29.2 Å². The summed E-state index contributed by atoms with van der Waals surface area (Å²) in [6.45, 7) is 4.13. The van der Waals surface area contributed by atoms with Crippen LogP contribution < -0.4 is 0 Å². The Labute approximate surface area is 153 Å². The van der Waals surface area contributed by atoms with Gasteiger partial charge in [-0.15, -0.1) is 9.35 Å². The average Bonchev–Trinajstić information content (AvgIpc) is 3.31. The number of benzene rings is 1. The fourth-order valence-corrected chi connectivity index (χ4v) is 5.69. The summed E-state index contributed by atoms with van der Waals surface area (Å²) in [5.74, 6) is -1.09. The molecule has 5 unspecified atom stereocenters. The number of fused-ring (bicyclic) bond motifs is 5. The highest BCUT2D eigenvalue weighted by Gasteiger charge is 2.62. The summed E-state index contributed by atoms with van der Waals surface area (Å²) in [4.78, 5) is 25.1. The molecule has 1 aromatic rings. The van der Waals surface area contributed by atoms with E-state index in [1.165, 1.54) is 12.1 Å². The minimum absolute atomic E-state index is 0.0508. The van der Waals surface area contributed by atoms with Crippen molar-refractivity contribution in [1.29, 1.82) is 0 Å². The van der Waals surface area contributed by atoms with Gasteiger partial charge in [0.15, 0.2) is 0 Å². The lowest BCUT2D eigenvalue weighted by atomic mass is 9.81. The van der Waals surface area contributed by atoms with Crippen molar-refractivity contribution in [3.05, 3.63) is 29.8 Å². The third kappa shape index (κ3) is 2.60. The van der Waals surface area contributed by atoms with Gasteiger partial charge in [0.2, 0.25) is 0 Å². The Hall–Kier alpha value is -1.73. The number of rotatable bonds is 5. The maximum atomic E-state index is 12.6. The van der Waals surface area contributed by atoms with Crippen molar-refractivity contribution in [2.75, 3.05) is 0 Å². The van der Waals surface area contributed by atoms with E-state index in [0.29, 0.717) is 11.0 Å². The van der Waals surface area contributed by atoms with E-state index in [1.807, 2.05) is 0 Å². The van der Waals surface area contributed by atoms with Crippen molar-refractivity contribution in [2.24, 2.45) is 23.7 Å². The van der Waals surface area contributed by atoms with Crippen molar-refractivity contribution in [1.82, 2.24) is 5.06 Å². The van der Waals surface area contributed by atoms with Crippen LogP contribution >= 0.6 is 0 Å². The van der Waals surface area contributed by atoms with Crippen LogP contribution in [0, 0.1) is 23.7 Å². The van der Waals surface area contributed by atoms with E-state index in [9.17, 15) is 18.0 Å². The summed E-state index contributed by atoms with van der Waals surface area (Å²) < 4.78 is 30.1. The monoisotopic (exact) mass is 377 g/mol. The Morgan fingerprint density at radius 2 is 1.62 bits per heavy atom. The molecule has 0 radical (unpaired) electrons. The van der Waals surface area contributed by atoms with Crippen molar-refractivity contribution >= 4 is 21.9 Å². The van der Waals surface area contributed by atoms with Gasteiger partial charge in [0.25, 0.3) is 11.8 Å². The second-order valence-corrected chi connectivity index (χ2v) is 9.29. The number of amides is 2. The first-order valence-electron chi connectivity index (χ1n) is 9.26.